The van der Waals surface area contributed by atoms with Gasteiger partial charge in [0.05, 0.1) is 25.4 Å². The first-order valence-electron chi connectivity index (χ1n) is 28.9. The number of aliphatic hydroxyl groups is 5. The highest BCUT2D eigenvalue weighted by Gasteiger charge is 2.44. The van der Waals surface area contributed by atoms with Crippen LogP contribution >= 0.6 is 0 Å². The Balaban J connectivity index is 2.19. The number of nitrogens with one attached hydrogen (secondary N) is 1. The van der Waals surface area contributed by atoms with Gasteiger partial charge in [0.15, 0.2) is 6.29 Å². The fourth-order valence-corrected chi connectivity index (χ4v) is 9.51. The highest BCUT2D eigenvalue weighted by atomic mass is 16.7. The Kier molecular flexibility index (Phi) is 45.4. The summed E-state index contributed by atoms with van der Waals surface area (Å²) in [5, 5.41) is 54.7. The van der Waals surface area contributed by atoms with Gasteiger partial charge in [0.25, 0.3) is 0 Å². The maximum atomic E-state index is 13.1. The van der Waals surface area contributed by atoms with Crippen LogP contribution in [-0.4, -0.2) is 87.5 Å². The summed E-state index contributed by atoms with van der Waals surface area (Å²) in [5.74, 6) is -0.139. The van der Waals surface area contributed by atoms with Gasteiger partial charge in [-0.2, -0.15) is 0 Å². The normalized spacial score (nSPS) is 19.8. The highest BCUT2D eigenvalue weighted by molar-refractivity contribution is 5.76. The van der Waals surface area contributed by atoms with E-state index in [9.17, 15) is 30.3 Å². The number of amides is 1. The fourth-order valence-electron chi connectivity index (χ4n) is 9.51. The molecule has 0 aliphatic carbocycles. The third-order valence-corrected chi connectivity index (χ3v) is 14.1. The molecule has 1 saturated heterocycles. The number of carbonyl (C=O) groups excluding carboxylic acids is 1. The minimum absolute atomic E-state index is 0.133. The molecule has 1 aliphatic heterocycles. The first kappa shape index (κ1) is 62.9. The van der Waals surface area contributed by atoms with Crippen molar-refractivity contribution in [1.82, 2.24) is 5.32 Å². The van der Waals surface area contributed by atoms with Crippen LogP contribution in [0.3, 0.4) is 0 Å². The number of rotatable bonds is 50. The predicted molar refractivity (Wildman–Crippen MR) is 277 cm³/mol. The van der Waals surface area contributed by atoms with Crippen molar-refractivity contribution >= 4 is 5.91 Å². The van der Waals surface area contributed by atoms with Gasteiger partial charge in [-0.15, -0.1) is 0 Å². The van der Waals surface area contributed by atoms with Crippen LogP contribution in [-0.2, 0) is 14.3 Å². The Labute approximate surface area is 407 Å². The molecule has 9 heteroatoms. The van der Waals surface area contributed by atoms with Gasteiger partial charge in [0.2, 0.25) is 5.91 Å². The third-order valence-electron chi connectivity index (χ3n) is 14.1. The second-order valence-electron chi connectivity index (χ2n) is 20.4. The van der Waals surface area contributed by atoms with Gasteiger partial charge < -0.3 is 40.3 Å². The van der Waals surface area contributed by atoms with E-state index in [1.165, 1.54) is 225 Å². The summed E-state index contributed by atoms with van der Waals surface area (Å²) >= 11 is 0. The monoisotopic (exact) mass is 938 g/mol. The van der Waals surface area contributed by atoms with Gasteiger partial charge in [-0.1, -0.05) is 257 Å². The molecule has 7 unspecified atom stereocenters. The van der Waals surface area contributed by atoms with E-state index < -0.39 is 49.5 Å². The molecule has 7 atom stereocenters. The number of ether oxygens (including phenoxy) is 2. The average Bonchev–Trinajstić information content (AvgIpc) is 3.32. The molecular formula is C57H111NO8. The number of aliphatic hydroxyl groups excluding tert-OH is 5. The van der Waals surface area contributed by atoms with Crippen LogP contribution in [0.2, 0.25) is 0 Å². The first-order valence-corrected chi connectivity index (χ1v) is 28.9. The van der Waals surface area contributed by atoms with Crippen LogP contribution in [0.25, 0.3) is 0 Å². The maximum absolute atomic E-state index is 13.1. The molecule has 0 aromatic heterocycles. The molecule has 392 valence electrons. The number of carbonyl (C=O) groups is 1. The van der Waals surface area contributed by atoms with Gasteiger partial charge in [-0.25, -0.2) is 0 Å². The van der Waals surface area contributed by atoms with Crippen molar-refractivity contribution in [1.29, 1.82) is 0 Å². The molecule has 0 spiro atoms. The first-order chi connectivity index (χ1) is 32.3. The van der Waals surface area contributed by atoms with Gasteiger partial charge in [0.1, 0.15) is 24.4 Å². The zero-order valence-corrected chi connectivity index (χ0v) is 43.5. The average molecular weight is 939 g/mol. The van der Waals surface area contributed by atoms with E-state index >= 15 is 0 Å². The van der Waals surface area contributed by atoms with Gasteiger partial charge in [-0.05, 0) is 38.5 Å². The van der Waals surface area contributed by atoms with E-state index in [1.807, 2.05) is 0 Å². The summed E-state index contributed by atoms with van der Waals surface area (Å²) in [7, 11) is 0. The van der Waals surface area contributed by atoms with Crippen molar-refractivity contribution in [2.45, 2.75) is 333 Å². The Bertz CT molecular complexity index is 1040. The molecule has 0 radical (unpaired) electrons. The lowest BCUT2D eigenvalue weighted by molar-refractivity contribution is -0.302. The molecule has 1 aliphatic rings. The Morgan fingerprint density at radius 3 is 1.23 bits per heavy atom. The minimum atomic E-state index is -1.55. The van der Waals surface area contributed by atoms with Crippen molar-refractivity contribution in [3.63, 3.8) is 0 Å². The molecule has 6 N–H and O–H groups in total. The number of hydrogen-bond donors (Lipinski definition) is 6. The summed E-state index contributed by atoms with van der Waals surface area (Å²) in [6, 6.07) is -0.716. The van der Waals surface area contributed by atoms with E-state index in [0.29, 0.717) is 12.8 Å². The number of unbranched alkanes of at least 4 members (excludes halogenated alkanes) is 38. The molecule has 0 saturated carbocycles. The fraction of sp³-hybridized carbons (Fsp3) is 0.947. The molecule has 0 aromatic rings. The lowest BCUT2D eigenvalue weighted by atomic mass is 9.99. The lowest BCUT2D eigenvalue weighted by Gasteiger charge is -2.40. The summed E-state index contributed by atoms with van der Waals surface area (Å²) < 4.78 is 11.3. The van der Waals surface area contributed by atoms with Crippen LogP contribution in [0.1, 0.15) is 290 Å². The topological polar surface area (TPSA) is 149 Å². The maximum Gasteiger partial charge on any atom is 0.220 e. The van der Waals surface area contributed by atoms with Gasteiger partial charge in [-0.3, -0.25) is 4.79 Å². The predicted octanol–water partition coefficient (Wildman–Crippen LogP) is 14.0. The Morgan fingerprint density at radius 2 is 0.848 bits per heavy atom. The number of allylic oxidation sites excluding steroid dienone is 2. The Hall–Kier alpha value is -1.07. The highest BCUT2D eigenvalue weighted by Crippen LogP contribution is 2.23. The molecule has 1 rings (SSSR count). The zero-order valence-electron chi connectivity index (χ0n) is 43.5. The zero-order chi connectivity index (χ0) is 48.0. The molecule has 0 bridgehead atoms. The quantitative estimate of drug-likeness (QED) is 0.0261. The van der Waals surface area contributed by atoms with Crippen molar-refractivity contribution in [3.8, 4) is 0 Å². The van der Waals surface area contributed by atoms with Crippen LogP contribution in [0.15, 0.2) is 12.2 Å². The smallest absolute Gasteiger partial charge is 0.220 e. The molecular weight excluding hydrogens is 827 g/mol. The van der Waals surface area contributed by atoms with E-state index in [4.69, 9.17) is 9.47 Å². The van der Waals surface area contributed by atoms with Crippen molar-refractivity contribution < 1.29 is 39.8 Å². The van der Waals surface area contributed by atoms with Gasteiger partial charge in [0, 0.05) is 6.42 Å². The summed E-state index contributed by atoms with van der Waals surface area (Å²) in [6.07, 6.45) is 50.9. The van der Waals surface area contributed by atoms with Crippen LogP contribution < -0.4 is 5.32 Å². The molecule has 0 aromatic carbocycles. The van der Waals surface area contributed by atoms with E-state index in [2.05, 4.69) is 31.3 Å². The van der Waals surface area contributed by atoms with Crippen molar-refractivity contribution in [2.75, 3.05) is 13.2 Å². The molecule has 9 nitrogen and oxygen atoms in total. The molecule has 66 heavy (non-hydrogen) atoms. The summed E-state index contributed by atoms with van der Waals surface area (Å²) in [6.45, 7) is 3.87. The second-order valence-corrected chi connectivity index (χ2v) is 20.4. The minimum Gasteiger partial charge on any atom is -0.394 e. The summed E-state index contributed by atoms with van der Waals surface area (Å²) in [4.78, 5) is 13.1. The standard InChI is InChI=1S/C57H111NO8/c1-3-5-7-9-11-13-15-17-19-21-23-24-25-26-27-28-29-31-33-35-37-39-41-43-45-47-53(61)58-50(49-65-57-56(64)55(63)54(62)52(48-59)66-57)51(60)46-44-42-40-38-36-34-32-30-22-20-18-16-14-12-10-8-6-4-2/h21,23,50-52,54-57,59-60,62-64H,3-20,22,24-49H2,1-2H3,(H,58,61)/b23-21-. The van der Waals surface area contributed by atoms with Crippen LogP contribution in [0.4, 0.5) is 0 Å². The number of hydrogen-bond acceptors (Lipinski definition) is 8. The van der Waals surface area contributed by atoms with Crippen molar-refractivity contribution in [3.05, 3.63) is 12.2 Å². The second kappa shape index (κ2) is 47.6. The van der Waals surface area contributed by atoms with Crippen LogP contribution in [0.5, 0.6) is 0 Å². The Morgan fingerprint density at radius 1 is 0.500 bits per heavy atom. The van der Waals surface area contributed by atoms with E-state index in [1.54, 1.807) is 0 Å². The van der Waals surface area contributed by atoms with E-state index in [-0.39, 0.29) is 12.5 Å². The van der Waals surface area contributed by atoms with E-state index in [0.717, 1.165) is 38.5 Å². The summed E-state index contributed by atoms with van der Waals surface area (Å²) in [5.41, 5.74) is 0. The largest absolute Gasteiger partial charge is 0.394 e. The van der Waals surface area contributed by atoms with Crippen molar-refractivity contribution in [2.24, 2.45) is 0 Å². The molecule has 1 fully saturated rings. The van der Waals surface area contributed by atoms with Gasteiger partial charge >= 0.3 is 0 Å². The SMILES string of the molecule is CCCCCCCCCC/C=C\CCCCCCCCCCCCCCCC(=O)NC(COC1OC(CO)C(O)C(O)C1O)C(O)CCCCCCCCCCCCCCCCCCCC. The third kappa shape index (κ3) is 36.9. The lowest BCUT2D eigenvalue weighted by Crippen LogP contribution is -2.60. The van der Waals surface area contributed by atoms with Crippen LogP contribution in [0, 0.1) is 0 Å². The molecule has 1 heterocycles. The molecule has 1 amide bonds.